The minimum atomic E-state index is -3.14. The van der Waals surface area contributed by atoms with Crippen molar-refractivity contribution in [1.29, 1.82) is 0 Å². The molecule has 0 aromatic heterocycles. The predicted octanol–water partition coefficient (Wildman–Crippen LogP) is 1.75. The third-order valence-electron chi connectivity index (χ3n) is 4.39. The highest BCUT2D eigenvalue weighted by Gasteiger charge is 2.37. The van der Waals surface area contributed by atoms with Crippen molar-refractivity contribution in [3.8, 4) is 0 Å². The molecule has 2 heterocycles. The van der Waals surface area contributed by atoms with Crippen LogP contribution >= 0.6 is 11.6 Å². The molecule has 0 saturated carbocycles. The van der Waals surface area contributed by atoms with E-state index in [1.165, 1.54) is 5.01 Å². The Bertz CT molecular complexity index is 866. The molecule has 1 fully saturated rings. The van der Waals surface area contributed by atoms with Crippen LogP contribution in [0.2, 0.25) is 5.02 Å². The second-order valence-electron chi connectivity index (χ2n) is 6.21. The standard InChI is InChI=1S/C16H18ClN3O4S/c1-10-12(17)3-2-4-13(10)18-16(22)14-5-6-15(21)20(19-14)11-7-8-25(23,24)9-11/h2-4,11H,5-9H2,1H3,(H,18,22)/t11-/m0/s1. The van der Waals surface area contributed by atoms with Crippen molar-refractivity contribution in [2.45, 2.75) is 32.2 Å². The minimum Gasteiger partial charge on any atom is -0.321 e. The Morgan fingerprint density at radius 2 is 2.12 bits per heavy atom. The zero-order chi connectivity index (χ0) is 18.2. The average molecular weight is 384 g/mol. The third kappa shape index (κ3) is 3.85. The van der Waals surface area contributed by atoms with Gasteiger partial charge in [-0.3, -0.25) is 9.59 Å². The zero-order valence-electron chi connectivity index (χ0n) is 13.7. The summed E-state index contributed by atoms with van der Waals surface area (Å²) < 4.78 is 23.3. The quantitative estimate of drug-likeness (QED) is 0.860. The number of hydrazone groups is 1. The molecule has 0 aliphatic carbocycles. The fourth-order valence-electron chi connectivity index (χ4n) is 2.93. The molecule has 9 heteroatoms. The molecule has 2 aliphatic rings. The average Bonchev–Trinajstić information content (AvgIpc) is 2.92. The Balaban J connectivity index is 1.79. The summed E-state index contributed by atoms with van der Waals surface area (Å²) in [5.74, 6) is -0.730. The molecular weight excluding hydrogens is 366 g/mol. The van der Waals surface area contributed by atoms with Gasteiger partial charge in [0.25, 0.3) is 5.91 Å². The van der Waals surface area contributed by atoms with Gasteiger partial charge in [-0.2, -0.15) is 5.10 Å². The van der Waals surface area contributed by atoms with Crippen LogP contribution in [0.5, 0.6) is 0 Å². The van der Waals surface area contributed by atoms with E-state index in [2.05, 4.69) is 10.4 Å². The number of carbonyl (C=O) groups excluding carboxylic acids is 2. The number of carbonyl (C=O) groups is 2. The maximum Gasteiger partial charge on any atom is 0.271 e. The molecule has 0 spiro atoms. The Kier molecular flexibility index (Phi) is 4.83. The SMILES string of the molecule is Cc1c(Cl)cccc1NC(=O)C1=NN([C@H]2CCS(=O)(=O)C2)C(=O)CC1. The van der Waals surface area contributed by atoms with Gasteiger partial charge in [0.15, 0.2) is 9.84 Å². The normalized spacial score (nSPS) is 22.6. The van der Waals surface area contributed by atoms with Crippen molar-refractivity contribution >= 4 is 44.7 Å². The molecule has 2 amide bonds. The maximum absolute atomic E-state index is 12.5. The largest absolute Gasteiger partial charge is 0.321 e. The monoisotopic (exact) mass is 383 g/mol. The van der Waals surface area contributed by atoms with Gasteiger partial charge in [-0.1, -0.05) is 17.7 Å². The van der Waals surface area contributed by atoms with E-state index in [0.29, 0.717) is 17.1 Å². The van der Waals surface area contributed by atoms with E-state index in [0.717, 1.165) is 5.56 Å². The van der Waals surface area contributed by atoms with Crippen molar-refractivity contribution < 1.29 is 18.0 Å². The summed E-state index contributed by atoms with van der Waals surface area (Å²) in [6.45, 7) is 1.79. The maximum atomic E-state index is 12.5. The van der Waals surface area contributed by atoms with Gasteiger partial charge in [0, 0.05) is 23.6 Å². The first-order valence-corrected chi connectivity index (χ1v) is 10.1. The highest BCUT2D eigenvalue weighted by atomic mass is 35.5. The van der Waals surface area contributed by atoms with E-state index in [-0.39, 0.29) is 36.0 Å². The number of nitrogens with one attached hydrogen (secondary N) is 1. The lowest BCUT2D eigenvalue weighted by atomic mass is 10.1. The van der Waals surface area contributed by atoms with E-state index in [1.807, 2.05) is 0 Å². The van der Waals surface area contributed by atoms with Gasteiger partial charge in [0.05, 0.1) is 17.5 Å². The minimum absolute atomic E-state index is 0.0419. The molecule has 25 heavy (non-hydrogen) atoms. The fourth-order valence-corrected chi connectivity index (χ4v) is 4.79. The third-order valence-corrected chi connectivity index (χ3v) is 6.55. The molecule has 3 rings (SSSR count). The van der Waals surface area contributed by atoms with Crippen molar-refractivity contribution in [3.63, 3.8) is 0 Å². The van der Waals surface area contributed by atoms with Gasteiger partial charge < -0.3 is 5.32 Å². The van der Waals surface area contributed by atoms with Crippen LogP contribution < -0.4 is 5.32 Å². The van der Waals surface area contributed by atoms with Gasteiger partial charge in [0.1, 0.15) is 5.71 Å². The first kappa shape index (κ1) is 17.9. The number of sulfone groups is 1. The highest BCUT2D eigenvalue weighted by Crippen LogP contribution is 2.25. The lowest BCUT2D eigenvalue weighted by Gasteiger charge is -2.27. The molecule has 1 saturated heterocycles. The summed E-state index contributed by atoms with van der Waals surface area (Å²) in [4.78, 5) is 24.6. The number of hydrogen-bond donors (Lipinski definition) is 1. The number of anilines is 1. The number of benzene rings is 1. The summed E-state index contributed by atoms with van der Waals surface area (Å²) in [5, 5.41) is 8.61. The lowest BCUT2D eigenvalue weighted by molar-refractivity contribution is -0.133. The number of hydrogen-bond acceptors (Lipinski definition) is 5. The summed E-state index contributed by atoms with van der Waals surface area (Å²) in [6, 6.07) is 4.70. The van der Waals surface area contributed by atoms with Gasteiger partial charge >= 0.3 is 0 Å². The first-order valence-electron chi connectivity index (χ1n) is 7.93. The summed E-state index contributed by atoms with van der Waals surface area (Å²) in [6.07, 6.45) is 0.706. The van der Waals surface area contributed by atoms with Crippen LogP contribution in [0.25, 0.3) is 0 Å². The van der Waals surface area contributed by atoms with Gasteiger partial charge in [-0.25, -0.2) is 13.4 Å². The molecular formula is C16H18ClN3O4S. The van der Waals surface area contributed by atoms with Crippen LogP contribution in [0.1, 0.15) is 24.8 Å². The highest BCUT2D eigenvalue weighted by molar-refractivity contribution is 7.91. The predicted molar refractivity (Wildman–Crippen MR) is 95.4 cm³/mol. The van der Waals surface area contributed by atoms with Gasteiger partial charge in [0.2, 0.25) is 5.91 Å². The van der Waals surface area contributed by atoms with Crippen LogP contribution in [-0.2, 0) is 19.4 Å². The van der Waals surface area contributed by atoms with Crippen molar-refractivity contribution in [2.24, 2.45) is 5.10 Å². The van der Waals surface area contributed by atoms with E-state index in [4.69, 9.17) is 11.6 Å². The van der Waals surface area contributed by atoms with Crippen LogP contribution in [-0.4, -0.2) is 48.5 Å². The van der Waals surface area contributed by atoms with Crippen LogP contribution in [0.4, 0.5) is 5.69 Å². The molecule has 1 aromatic rings. The van der Waals surface area contributed by atoms with E-state index in [9.17, 15) is 18.0 Å². The van der Waals surface area contributed by atoms with Gasteiger partial charge in [-0.05, 0) is 31.0 Å². The van der Waals surface area contributed by atoms with Crippen molar-refractivity contribution in [3.05, 3.63) is 28.8 Å². The van der Waals surface area contributed by atoms with Crippen LogP contribution in [0.3, 0.4) is 0 Å². The molecule has 1 atom stereocenters. The smallest absolute Gasteiger partial charge is 0.271 e. The summed E-state index contributed by atoms with van der Waals surface area (Å²) in [7, 11) is -3.14. The fraction of sp³-hybridized carbons (Fsp3) is 0.438. The summed E-state index contributed by atoms with van der Waals surface area (Å²) in [5.41, 5.74) is 1.53. The van der Waals surface area contributed by atoms with E-state index in [1.54, 1.807) is 25.1 Å². The second kappa shape index (κ2) is 6.76. The number of rotatable bonds is 3. The Labute approximate surface area is 150 Å². The van der Waals surface area contributed by atoms with E-state index >= 15 is 0 Å². The number of halogens is 1. The molecule has 1 N–H and O–H groups in total. The zero-order valence-corrected chi connectivity index (χ0v) is 15.2. The molecule has 2 aliphatic heterocycles. The molecule has 0 bridgehead atoms. The van der Waals surface area contributed by atoms with E-state index < -0.39 is 21.8 Å². The second-order valence-corrected chi connectivity index (χ2v) is 8.84. The first-order chi connectivity index (χ1) is 11.8. The molecule has 0 unspecified atom stereocenters. The topological polar surface area (TPSA) is 95.9 Å². The van der Waals surface area contributed by atoms with Crippen LogP contribution in [0, 0.1) is 6.92 Å². The number of amides is 2. The number of nitrogens with zero attached hydrogens (tertiary/aromatic N) is 2. The molecule has 1 aromatic carbocycles. The van der Waals surface area contributed by atoms with Gasteiger partial charge in [-0.15, -0.1) is 0 Å². The van der Waals surface area contributed by atoms with Crippen molar-refractivity contribution in [1.82, 2.24) is 5.01 Å². The Hall–Kier alpha value is -1.93. The molecule has 134 valence electrons. The van der Waals surface area contributed by atoms with Crippen molar-refractivity contribution in [2.75, 3.05) is 16.8 Å². The van der Waals surface area contributed by atoms with Crippen LogP contribution in [0.15, 0.2) is 23.3 Å². The summed E-state index contributed by atoms with van der Waals surface area (Å²) >= 11 is 6.05. The Morgan fingerprint density at radius 1 is 1.36 bits per heavy atom. The molecule has 0 radical (unpaired) electrons. The lowest BCUT2D eigenvalue weighted by Crippen LogP contribution is -2.42. The molecule has 7 nitrogen and oxygen atoms in total. The Morgan fingerprint density at radius 3 is 2.80 bits per heavy atom.